The van der Waals surface area contributed by atoms with E-state index >= 15 is 0 Å². The van der Waals surface area contributed by atoms with Gasteiger partial charge in [0.1, 0.15) is 11.5 Å². The van der Waals surface area contributed by atoms with Crippen molar-refractivity contribution in [3.05, 3.63) is 88.6 Å². The molecule has 0 unspecified atom stereocenters. The van der Waals surface area contributed by atoms with Crippen molar-refractivity contribution in [1.29, 1.82) is 0 Å². The lowest BCUT2D eigenvalue weighted by Crippen LogP contribution is -2.50. The zero-order valence-corrected chi connectivity index (χ0v) is 18.5. The van der Waals surface area contributed by atoms with Crippen molar-refractivity contribution in [2.45, 2.75) is 38.4 Å². The normalized spacial score (nSPS) is 12.4. The van der Waals surface area contributed by atoms with Crippen LogP contribution in [0.3, 0.4) is 0 Å². The van der Waals surface area contributed by atoms with Gasteiger partial charge in [0.2, 0.25) is 0 Å². The van der Waals surface area contributed by atoms with Crippen molar-refractivity contribution in [1.82, 2.24) is 4.98 Å². The van der Waals surface area contributed by atoms with Gasteiger partial charge in [-0.2, -0.15) is 26.3 Å². The molecule has 0 spiro atoms. The summed E-state index contributed by atoms with van der Waals surface area (Å²) in [4.78, 5) is 16.9. The smallest absolute Gasteiger partial charge is 0.366 e. The second kappa shape index (κ2) is 9.55. The van der Waals surface area contributed by atoms with Crippen LogP contribution in [0.15, 0.2) is 60.7 Å². The number of pyridine rings is 1. The molecule has 0 fully saturated rings. The lowest BCUT2D eigenvalue weighted by atomic mass is 9.90. The highest BCUT2D eigenvalue weighted by Gasteiger charge is 2.73. The molecule has 2 N–H and O–H groups in total. The van der Waals surface area contributed by atoms with E-state index < -0.39 is 29.5 Å². The Bertz CT molecular complexity index is 1170. The average Bonchev–Trinajstić information content (AvgIpc) is 2.78. The van der Waals surface area contributed by atoms with E-state index in [0.29, 0.717) is 24.5 Å². The summed E-state index contributed by atoms with van der Waals surface area (Å²) in [5.74, 6) is -0.367. The minimum absolute atomic E-state index is 0.0450. The van der Waals surface area contributed by atoms with Crippen molar-refractivity contribution >= 4 is 17.4 Å². The first kappa shape index (κ1) is 26.0. The van der Waals surface area contributed by atoms with Crippen LogP contribution < -0.4 is 10.6 Å². The van der Waals surface area contributed by atoms with Crippen molar-refractivity contribution < 1.29 is 35.5 Å². The van der Waals surface area contributed by atoms with Gasteiger partial charge in [0.15, 0.2) is 0 Å². The average molecular weight is 499 g/mol. The molecule has 0 aliphatic rings. The molecule has 0 aliphatic carbocycles. The molecule has 0 radical (unpaired) electrons. The van der Waals surface area contributed by atoms with E-state index in [1.54, 1.807) is 12.1 Å². The van der Waals surface area contributed by atoms with Crippen molar-refractivity contribution in [2.24, 2.45) is 0 Å². The molecular weight excluding hydrogens is 479 g/mol. The number of anilines is 2. The first-order valence-electron chi connectivity index (χ1n) is 10.2. The Morgan fingerprint density at radius 1 is 0.829 bits per heavy atom. The van der Waals surface area contributed by atoms with Gasteiger partial charge < -0.3 is 10.6 Å². The molecule has 1 heterocycles. The van der Waals surface area contributed by atoms with E-state index in [1.165, 1.54) is 19.9 Å². The standard InChI is InChI=1S/C24H20F7N3O/c1-14-11-17(22(25,23(26,27)28)24(29,30)31)12-15(2)20(14)34-21(35)18-9-6-10-19(33-18)32-13-16-7-4-3-5-8-16/h3-12H,13H2,1-2H3,(H,32,33)(H,34,35). The zero-order chi connectivity index (χ0) is 26.0. The molecule has 0 saturated carbocycles. The summed E-state index contributed by atoms with van der Waals surface area (Å²) in [6.45, 7) is 2.77. The van der Waals surface area contributed by atoms with Gasteiger partial charge in [-0.25, -0.2) is 9.37 Å². The van der Waals surface area contributed by atoms with Crippen LogP contribution in [-0.2, 0) is 12.2 Å². The third-order valence-corrected chi connectivity index (χ3v) is 5.25. The second-order valence-corrected chi connectivity index (χ2v) is 7.84. The summed E-state index contributed by atoms with van der Waals surface area (Å²) in [5, 5.41) is 5.49. The van der Waals surface area contributed by atoms with Crippen molar-refractivity contribution in [3.63, 3.8) is 0 Å². The number of aryl methyl sites for hydroxylation is 2. The SMILES string of the molecule is Cc1cc(C(F)(C(F)(F)F)C(F)(F)F)cc(C)c1NC(=O)c1cccc(NCc2ccccc2)n1. The maximum atomic E-state index is 14.4. The number of aromatic nitrogens is 1. The van der Waals surface area contributed by atoms with Crippen LogP contribution in [0.25, 0.3) is 0 Å². The minimum Gasteiger partial charge on any atom is -0.366 e. The molecule has 1 amide bonds. The molecule has 0 atom stereocenters. The molecule has 0 bridgehead atoms. The maximum Gasteiger partial charge on any atom is 0.435 e. The van der Waals surface area contributed by atoms with Crippen LogP contribution in [0, 0.1) is 13.8 Å². The summed E-state index contributed by atoms with van der Waals surface area (Å²) in [7, 11) is 0. The summed E-state index contributed by atoms with van der Waals surface area (Å²) in [5.41, 5.74) is -6.65. The number of benzene rings is 2. The van der Waals surface area contributed by atoms with Crippen LogP contribution in [-0.4, -0.2) is 23.2 Å². The summed E-state index contributed by atoms with van der Waals surface area (Å²) in [6, 6.07) is 14.8. The topological polar surface area (TPSA) is 54.0 Å². The van der Waals surface area contributed by atoms with Crippen molar-refractivity contribution in [3.8, 4) is 0 Å². The van der Waals surface area contributed by atoms with Crippen LogP contribution in [0.1, 0.15) is 32.7 Å². The molecule has 3 aromatic rings. The molecule has 35 heavy (non-hydrogen) atoms. The number of rotatable bonds is 6. The zero-order valence-electron chi connectivity index (χ0n) is 18.5. The van der Waals surface area contributed by atoms with Gasteiger partial charge in [-0.05, 0) is 42.7 Å². The fraction of sp³-hybridized carbons (Fsp3) is 0.250. The van der Waals surface area contributed by atoms with Crippen LogP contribution in [0.2, 0.25) is 0 Å². The number of carbonyl (C=O) groups excluding carboxylic acids is 1. The molecule has 0 aliphatic heterocycles. The molecule has 1 aromatic heterocycles. The number of amides is 1. The lowest BCUT2D eigenvalue weighted by Gasteiger charge is -2.31. The van der Waals surface area contributed by atoms with Crippen LogP contribution in [0.5, 0.6) is 0 Å². The van der Waals surface area contributed by atoms with Gasteiger partial charge in [-0.15, -0.1) is 0 Å². The lowest BCUT2D eigenvalue weighted by molar-refractivity contribution is -0.348. The van der Waals surface area contributed by atoms with E-state index in [2.05, 4.69) is 15.6 Å². The summed E-state index contributed by atoms with van der Waals surface area (Å²) in [6.07, 6.45) is -12.5. The molecule has 3 rings (SSSR count). The molecule has 11 heteroatoms. The van der Waals surface area contributed by atoms with E-state index in [4.69, 9.17) is 0 Å². The Kier molecular flexibility index (Phi) is 7.09. The van der Waals surface area contributed by atoms with E-state index in [-0.39, 0.29) is 22.5 Å². The van der Waals surface area contributed by atoms with E-state index in [9.17, 15) is 35.5 Å². The minimum atomic E-state index is -6.23. The van der Waals surface area contributed by atoms with Crippen LogP contribution in [0.4, 0.5) is 42.2 Å². The van der Waals surface area contributed by atoms with Crippen LogP contribution >= 0.6 is 0 Å². The summed E-state index contributed by atoms with van der Waals surface area (Å²) >= 11 is 0. The Labute approximate surface area is 196 Å². The van der Waals surface area contributed by atoms with Gasteiger partial charge in [0.05, 0.1) is 0 Å². The number of halogens is 7. The molecule has 0 saturated heterocycles. The van der Waals surface area contributed by atoms with E-state index in [0.717, 1.165) is 5.56 Å². The highest BCUT2D eigenvalue weighted by molar-refractivity contribution is 6.04. The molecule has 2 aromatic carbocycles. The molecular formula is C24H20F7N3O. The van der Waals surface area contributed by atoms with Gasteiger partial charge in [0.25, 0.3) is 5.91 Å². The Morgan fingerprint density at radius 2 is 1.40 bits per heavy atom. The Balaban J connectivity index is 1.84. The highest BCUT2D eigenvalue weighted by Crippen LogP contribution is 2.53. The van der Waals surface area contributed by atoms with E-state index in [1.807, 2.05) is 30.3 Å². The third kappa shape index (κ3) is 5.39. The quantitative estimate of drug-likeness (QED) is 0.365. The maximum absolute atomic E-state index is 14.4. The number of carbonyl (C=O) groups is 1. The first-order chi connectivity index (χ1) is 16.2. The summed E-state index contributed by atoms with van der Waals surface area (Å²) < 4.78 is 93.1. The third-order valence-electron chi connectivity index (χ3n) is 5.25. The predicted octanol–water partition coefficient (Wildman–Crippen LogP) is 6.85. The fourth-order valence-corrected chi connectivity index (χ4v) is 3.47. The van der Waals surface area contributed by atoms with Gasteiger partial charge in [-0.3, -0.25) is 4.79 Å². The number of nitrogens with one attached hydrogen (secondary N) is 2. The Hall–Kier alpha value is -3.63. The highest BCUT2D eigenvalue weighted by atomic mass is 19.4. The van der Waals surface area contributed by atoms with Crippen molar-refractivity contribution in [2.75, 3.05) is 10.6 Å². The number of alkyl halides is 7. The predicted molar refractivity (Wildman–Crippen MR) is 117 cm³/mol. The van der Waals surface area contributed by atoms with Gasteiger partial charge >= 0.3 is 18.0 Å². The number of nitrogens with zero attached hydrogens (tertiary/aromatic N) is 1. The molecule has 186 valence electrons. The fourth-order valence-electron chi connectivity index (χ4n) is 3.47. The molecule has 4 nitrogen and oxygen atoms in total. The second-order valence-electron chi connectivity index (χ2n) is 7.84. The number of hydrogen-bond acceptors (Lipinski definition) is 3. The van der Waals surface area contributed by atoms with Gasteiger partial charge in [-0.1, -0.05) is 48.5 Å². The monoisotopic (exact) mass is 499 g/mol. The number of hydrogen-bond donors (Lipinski definition) is 2. The first-order valence-corrected chi connectivity index (χ1v) is 10.2. The Morgan fingerprint density at radius 3 is 1.94 bits per heavy atom. The van der Waals surface area contributed by atoms with Gasteiger partial charge in [0, 0.05) is 17.8 Å². The largest absolute Gasteiger partial charge is 0.435 e.